The maximum Gasteiger partial charge on any atom is 0.322 e. The number of aliphatic hydroxyl groups is 1. The van der Waals surface area contributed by atoms with Crippen molar-refractivity contribution >= 4 is 23.4 Å². The van der Waals surface area contributed by atoms with E-state index in [0.29, 0.717) is 24.5 Å². The van der Waals surface area contributed by atoms with Crippen LogP contribution in [0.3, 0.4) is 0 Å². The Morgan fingerprint density at radius 3 is 2.62 bits per heavy atom. The number of hydrogen-bond acceptors (Lipinski definition) is 8. The van der Waals surface area contributed by atoms with Gasteiger partial charge in [-0.3, -0.25) is 9.69 Å². The summed E-state index contributed by atoms with van der Waals surface area (Å²) in [5, 5.41) is 10.1. The molecule has 0 bridgehead atoms. The zero-order valence-corrected chi connectivity index (χ0v) is 20.7. The van der Waals surface area contributed by atoms with E-state index in [1.807, 2.05) is 31.2 Å². The van der Waals surface area contributed by atoms with E-state index in [4.69, 9.17) is 14.2 Å². The maximum absolute atomic E-state index is 12.9. The highest BCUT2D eigenvalue weighted by Crippen LogP contribution is 2.41. The van der Waals surface area contributed by atoms with E-state index in [2.05, 4.69) is 34.1 Å². The molecule has 4 rings (SSSR count). The predicted octanol–water partition coefficient (Wildman–Crippen LogP) is 3.44. The van der Waals surface area contributed by atoms with E-state index in [0.717, 1.165) is 44.0 Å². The summed E-state index contributed by atoms with van der Waals surface area (Å²) in [6.07, 6.45) is -0.0678. The number of aliphatic hydroxyl groups excluding tert-OH is 1. The summed E-state index contributed by atoms with van der Waals surface area (Å²) in [5.41, 5.74) is 1.27. The molecule has 0 aromatic heterocycles. The molecule has 0 radical (unpaired) electrons. The Morgan fingerprint density at radius 1 is 1.15 bits per heavy atom. The van der Waals surface area contributed by atoms with E-state index in [-0.39, 0.29) is 0 Å². The molecule has 1 unspecified atom stereocenters. The first-order valence-corrected chi connectivity index (χ1v) is 12.9. The topological polar surface area (TPSA) is 71.5 Å². The van der Waals surface area contributed by atoms with Crippen molar-refractivity contribution in [2.24, 2.45) is 0 Å². The third-order valence-electron chi connectivity index (χ3n) is 6.37. The van der Waals surface area contributed by atoms with Crippen molar-refractivity contribution in [2.45, 2.75) is 42.1 Å². The highest BCUT2D eigenvalue weighted by molar-refractivity contribution is 8.00. The number of rotatable bonds is 8. The second kappa shape index (κ2) is 11.8. The van der Waals surface area contributed by atoms with Gasteiger partial charge < -0.3 is 24.2 Å². The van der Waals surface area contributed by atoms with Gasteiger partial charge in [-0.25, -0.2) is 0 Å². The van der Waals surface area contributed by atoms with Gasteiger partial charge in [0.05, 0.1) is 18.6 Å². The molecule has 8 heteroatoms. The number of para-hydroxylation sites is 1. The number of carbonyl (C=O) groups is 1. The molecule has 1 fully saturated rings. The molecule has 2 aromatic carbocycles. The standard InChI is InChI=1S/C26H34N2O5S/c1-3-21-24(29)25(34-23-18-20(31-2)10-11-22(23)33-21)26(30)32-17-7-12-27-13-15-28(16-14-27)19-8-5-4-6-9-19/h4-6,8-11,18,21,24-25,29H,3,7,12-17H2,1-2H3/t21?,24-,25+/m0/s1. The first-order valence-electron chi connectivity index (χ1n) is 12.0. The number of thioether (sulfide) groups is 1. The van der Waals surface area contributed by atoms with E-state index >= 15 is 0 Å². The number of piperazine rings is 1. The molecule has 7 nitrogen and oxygen atoms in total. The average molecular weight is 487 g/mol. The minimum absolute atomic E-state index is 0.337. The number of nitrogens with zero attached hydrogens (tertiary/aromatic N) is 2. The van der Waals surface area contributed by atoms with E-state index in [1.54, 1.807) is 7.11 Å². The van der Waals surface area contributed by atoms with Crippen LogP contribution in [-0.2, 0) is 9.53 Å². The minimum atomic E-state index is -0.952. The van der Waals surface area contributed by atoms with Gasteiger partial charge >= 0.3 is 5.97 Å². The lowest BCUT2D eigenvalue weighted by Gasteiger charge is -2.36. The third-order valence-corrected chi connectivity index (χ3v) is 7.66. The Balaban J connectivity index is 1.26. The Kier molecular flexibility index (Phi) is 8.59. The fourth-order valence-corrected chi connectivity index (χ4v) is 5.53. The molecule has 2 heterocycles. The Morgan fingerprint density at radius 2 is 1.91 bits per heavy atom. The lowest BCUT2D eigenvalue weighted by atomic mass is 10.1. The summed E-state index contributed by atoms with van der Waals surface area (Å²) in [5.74, 6) is 0.935. The smallest absolute Gasteiger partial charge is 0.322 e. The molecule has 0 aliphatic carbocycles. The molecule has 0 spiro atoms. The molecule has 1 N–H and O–H groups in total. The van der Waals surface area contributed by atoms with Crippen LogP contribution in [-0.4, -0.2) is 79.9 Å². The summed E-state index contributed by atoms with van der Waals surface area (Å²) in [6.45, 7) is 7.14. The molecule has 184 valence electrons. The number of esters is 1. The van der Waals surface area contributed by atoms with Gasteiger partial charge in [0, 0.05) is 38.4 Å². The fraction of sp³-hybridized carbons (Fsp3) is 0.500. The zero-order valence-electron chi connectivity index (χ0n) is 19.9. The fourth-order valence-electron chi connectivity index (χ4n) is 4.36. The largest absolute Gasteiger partial charge is 0.497 e. The van der Waals surface area contributed by atoms with Crippen LogP contribution in [0, 0.1) is 0 Å². The highest BCUT2D eigenvalue weighted by Gasteiger charge is 2.39. The molecule has 3 atom stereocenters. The number of ether oxygens (including phenoxy) is 3. The van der Waals surface area contributed by atoms with Crippen molar-refractivity contribution in [3.63, 3.8) is 0 Å². The van der Waals surface area contributed by atoms with E-state index in [9.17, 15) is 9.90 Å². The average Bonchev–Trinajstić information content (AvgIpc) is 3.03. The quantitative estimate of drug-likeness (QED) is 0.450. The van der Waals surface area contributed by atoms with Gasteiger partial charge in [-0.15, -0.1) is 11.8 Å². The maximum atomic E-state index is 12.9. The SMILES string of the molecule is CCC1Oc2ccc(OC)cc2S[C@@H](C(=O)OCCCN2CCN(c3ccccc3)CC2)[C@H]1O. The van der Waals surface area contributed by atoms with Gasteiger partial charge in [-0.2, -0.15) is 0 Å². The number of anilines is 1. The summed E-state index contributed by atoms with van der Waals surface area (Å²) in [7, 11) is 1.60. The van der Waals surface area contributed by atoms with Crippen LogP contribution < -0.4 is 14.4 Å². The first kappa shape index (κ1) is 24.7. The minimum Gasteiger partial charge on any atom is -0.497 e. The van der Waals surface area contributed by atoms with Gasteiger partial charge in [0.25, 0.3) is 0 Å². The lowest BCUT2D eigenvalue weighted by molar-refractivity contribution is -0.146. The van der Waals surface area contributed by atoms with E-state index in [1.165, 1.54) is 17.4 Å². The number of fused-ring (bicyclic) bond motifs is 1. The Hall–Kier alpha value is -2.42. The van der Waals surface area contributed by atoms with E-state index < -0.39 is 23.4 Å². The van der Waals surface area contributed by atoms with Gasteiger partial charge in [0.2, 0.25) is 0 Å². The Bertz CT molecular complexity index is 936. The van der Waals surface area contributed by atoms with Crippen LogP contribution in [0.1, 0.15) is 19.8 Å². The highest BCUT2D eigenvalue weighted by atomic mass is 32.2. The number of methoxy groups -OCH3 is 1. The zero-order chi connectivity index (χ0) is 23.9. The second-order valence-electron chi connectivity index (χ2n) is 8.59. The van der Waals surface area contributed by atoms with Crippen LogP contribution in [0.25, 0.3) is 0 Å². The van der Waals surface area contributed by atoms with Crippen molar-refractivity contribution in [1.82, 2.24) is 4.90 Å². The molecular formula is C26H34N2O5S. The molecule has 2 aliphatic rings. The van der Waals surface area contributed by atoms with Gasteiger partial charge in [0.15, 0.2) is 0 Å². The molecule has 2 aromatic rings. The van der Waals surface area contributed by atoms with Crippen LogP contribution in [0.4, 0.5) is 5.69 Å². The van der Waals surface area contributed by atoms with Crippen molar-refractivity contribution in [3.05, 3.63) is 48.5 Å². The summed E-state index contributed by atoms with van der Waals surface area (Å²) in [4.78, 5) is 18.5. The summed E-state index contributed by atoms with van der Waals surface area (Å²) < 4.78 is 16.9. The first-order chi connectivity index (χ1) is 16.6. The number of hydrogen-bond donors (Lipinski definition) is 1. The predicted molar refractivity (Wildman–Crippen MR) is 134 cm³/mol. The lowest BCUT2D eigenvalue weighted by Crippen LogP contribution is -2.46. The Labute approximate surface area is 206 Å². The van der Waals surface area contributed by atoms with Gasteiger partial charge in [-0.1, -0.05) is 25.1 Å². The summed E-state index contributed by atoms with van der Waals surface area (Å²) in [6, 6.07) is 16.0. The molecule has 34 heavy (non-hydrogen) atoms. The molecule has 2 aliphatic heterocycles. The molecule has 1 saturated heterocycles. The molecule has 0 amide bonds. The van der Waals surface area contributed by atoms with Crippen LogP contribution in [0.15, 0.2) is 53.4 Å². The van der Waals surface area contributed by atoms with Crippen LogP contribution >= 0.6 is 11.8 Å². The van der Waals surface area contributed by atoms with Crippen molar-refractivity contribution in [3.8, 4) is 11.5 Å². The number of carbonyl (C=O) groups excluding carboxylic acids is 1. The molecule has 0 saturated carbocycles. The summed E-state index contributed by atoms with van der Waals surface area (Å²) >= 11 is 1.28. The number of benzene rings is 2. The third kappa shape index (κ3) is 5.98. The molecular weight excluding hydrogens is 452 g/mol. The van der Waals surface area contributed by atoms with Crippen LogP contribution in [0.2, 0.25) is 0 Å². The van der Waals surface area contributed by atoms with Crippen LogP contribution in [0.5, 0.6) is 11.5 Å². The van der Waals surface area contributed by atoms with Crippen molar-refractivity contribution < 1.29 is 24.1 Å². The monoisotopic (exact) mass is 486 g/mol. The van der Waals surface area contributed by atoms with Gasteiger partial charge in [0.1, 0.15) is 29.0 Å². The van der Waals surface area contributed by atoms with Gasteiger partial charge in [-0.05, 0) is 43.2 Å². The second-order valence-corrected chi connectivity index (χ2v) is 9.77. The van der Waals surface area contributed by atoms with Crippen molar-refractivity contribution in [1.29, 1.82) is 0 Å². The van der Waals surface area contributed by atoms with Crippen molar-refractivity contribution in [2.75, 3.05) is 51.3 Å². The normalized spacial score (nSPS) is 22.9.